The fourth-order valence-corrected chi connectivity index (χ4v) is 6.48. The molecule has 25 heteroatoms. The minimum absolute atomic E-state index is 0.695. The predicted molar refractivity (Wildman–Crippen MR) is 159 cm³/mol. The molecule has 0 bridgehead atoms. The SMILES string of the molecule is CC(=O)N[C@@H]1[C@@H](O)[C@H](O[C@@H]2O[C@H](CO)[C@@H](O[C@@]3(O)O[C@H](CO)[C@@H](O[C@@]4(O)O[C@H](CO)[C@@H](O)[C@H](O)[C@@H]4O)[C@H](O)[C@@H]3O)[C@H](O)[C@H]2NC(C)=O)[C@@H](CO)O[C@H]1O. The van der Waals surface area contributed by atoms with Crippen molar-refractivity contribution in [2.24, 2.45) is 0 Å². The number of carbonyl (C=O) groups excluding carboxylic acids is 2. The van der Waals surface area contributed by atoms with Gasteiger partial charge in [0.25, 0.3) is 0 Å². The Hall–Kier alpha value is -1.90. The molecule has 4 heterocycles. The first-order valence-corrected chi connectivity index (χ1v) is 16.3. The van der Waals surface area contributed by atoms with Crippen molar-refractivity contribution < 1.29 is 114 Å². The van der Waals surface area contributed by atoms with E-state index >= 15 is 0 Å². The summed E-state index contributed by atoms with van der Waals surface area (Å²) >= 11 is 0. The molecule has 4 saturated heterocycles. The molecule has 16 N–H and O–H groups in total. The first-order valence-electron chi connectivity index (χ1n) is 16.3. The highest BCUT2D eigenvalue weighted by Crippen LogP contribution is 2.39. The van der Waals surface area contributed by atoms with Gasteiger partial charge in [-0.25, -0.2) is 0 Å². The summed E-state index contributed by atoms with van der Waals surface area (Å²) in [6.45, 7) is -2.07. The molecule has 4 aliphatic rings. The first-order chi connectivity index (χ1) is 24.8. The van der Waals surface area contributed by atoms with Crippen LogP contribution in [-0.2, 0) is 42.7 Å². The Labute approximate surface area is 299 Å². The van der Waals surface area contributed by atoms with Crippen molar-refractivity contribution in [2.45, 2.75) is 136 Å². The predicted octanol–water partition coefficient (Wildman–Crippen LogP) is -10.8. The number of aliphatic hydroxyl groups excluding tert-OH is 12. The monoisotopic (exact) mass is 780 g/mol. The highest BCUT2D eigenvalue weighted by Gasteiger charge is 2.63. The molecule has 0 radical (unpaired) electrons. The van der Waals surface area contributed by atoms with Gasteiger partial charge in [-0.1, -0.05) is 0 Å². The number of nitrogens with one attached hydrogen (secondary N) is 2. The maximum atomic E-state index is 12.2. The summed E-state index contributed by atoms with van der Waals surface area (Å²) in [6.07, 6.45) is -32.1. The number of hydrogen-bond donors (Lipinski definition) is 16. The van der Waals surface area contributed by atoms with Crippen LogP contribution >= 0.6 is 0 Å². The zero-order valence-electron chi connectivity index (χ0n) is 28.2. The molecule has 4 aliphatic heterocycles. The number of aliphatic hydroxyl groups is 14. The Morgan fingerprint density at radius 3 is 1.51 bits per heavy atom. The van der Waals surface area contributed by atoms with Crippen LogP contribution in [0.3, 0.4) is 0 Å². The van der Waals surface area contributed by atoms with Crippen molar-refractivity contribution in [3.05, 3.63) is 0 Å². The maximum Gasteiger partial charge on any atom is 0.311 e. The number of amides is 2. The molecule has 25 nitrogen and oxygen atoms in total. The second-order valence-corrected chi connectivity index (χ2v) is 13.0. The summed E-state index contributed by atoms with van der Waals surface area (Å²) in [5.74, 6) is -8.29. The summed E-state index contributed by atoms with van der Waals surface area (Å²) < 4.78 is 37.7. The molecule has 0 spiro atoms. The largest absolute Gasteiger partial charge is 0.394 e. The van der Waals surface area contributed by atoms with Gasteiger partial charge < -0.3 is 115 Å². The Bertz CT molecular complexity index is 1240. The zero-order chi connectivity index (χ0) is 39.7. The lowest BCUT2D eigenvalue weighted by Crippen LogP contribution is -2.74. The lowest BCUT2D eigenvalue weighted by molar-refractivity contribution is -0.505. The van der Waals surface area contributed by atoms with Crippen LogP contribution in [0.5, 0.6) is 0 Å². The molecule has 0 aromatic heterocycles. The van der Waals surface area contributed by atoms with Gasteiger partial charge in [-0.05, 0) is 0 Å². The first kappa shape index (κ1) is 43.8. The van der Waals surface area contributed by atoms with Crippen molar-refractivity contribution >= 4 is 11.8 Å². The van der Waals surface area contributed by atoms with Crippen molar-refractivity contribution in [1.29, 1.82) is 0 Å². The average molecular weight is 781 g/mol. The van der Waals surface area contributed by atoms with Gasteiger partial charge in [0.05, 0.1) is 26.4 Å². The summed E-state index contributed by atoms with van der Waals surface area (Å²) in [6, 6.07) is -3.24. The van der Waals surface area contributed by atoms with E-state index in [-0.39, 0.29) is 0 Å². The molecule has 0 saturated carbocycles. The molecule has 4 rings (SSSR count). The second-order valence-electron chi connectivity index (χ2n) is 13.0. The molecule has 0 aromatic rings. The lowest BCUT2D eigenvalue weighted by Gasteiger charge is -2.52. The highest BCUT2D eigenvalue weighted by atomic mass is 16.9. The Balaban J connectivity index is 1.57. The molecule has 308 valence electrons. The average Bonchev–Trinajstić information content (AvgIpc) is 3.11. The molecule has 4 fully saturated rings. The van der Waals surface area contributed by atoms with Gasteiger partial charge in [-0.15, -0.1) is 0 Å². The molecule has 2 amide bonds. The quantitative estimate of drug-likeness (QED) is 0.0817. The van der Waals surface area contributed by atoms with Gasteiger partial charge in [-0.3, -0.25) is 9.59 Å². The third-order valence-corrected chi connectivity index (χ3v) is 9.20. The Kier molecular flexibility index (Phi) is 14.5. The number of ether oxygens (including phenoxy) is 7. The van der Waals surface area contributed by atoms with Gasteiger partial charge in [-0.2, -0.15) is 0 Å². The highest BCUT2D eigenvalue weighted by molar-refractivity contribution is 5.73. The molecule has 0 aromatic carbocycles. The second kappa shape index (κ2) is 17.5. The van der Waals surface area contributed by atoms with E-state index in [1.54, 1.807) is 0 Å². The maximum absolute atomic E-state index is 12.2. The zero-order valence-corrected chi connectivity index (χ0v) is 28.2. The van der Waals surface area contributed by atoms with Crippen molar-refractivity contribution in [3.63, 3.8) is 0 Å². The van der Waals surface area contributed by atoms with E-state index in [4.69, 9.17) is 33.2 Å². The molecular weight excluding hydrogens is 732 g/mol. The third-order valence-electron chi connectivity index (χ3n) is 9.20. The van der Waals surface area contributed by atoms with Crippen LogP contribution < -0.4 is 10.6 Å². The number of carbonyl (C=O) groups is 2. The Morgan fingerprint density at radius 1 is 0.566 bits per heavy atom. The Morgan fingerprint density at radius 2 is 1.00 bits per heavy atom. The fraction of sp³-hybridized carbons (Fsp3) is 0.929. The molecule has 53 heavy (non-hydrogen) atoms. The number of hydrogen-bond acceptors (Lipinski definition) is 23. The molecule has 0 unspecified atom stereocenters. The topological polar surface area (TPSA) is 406 Å². The van der Waals surface area contributed by atoms with E-state index in [0.29, 0.717) is 0 Å². The summed E-state index contributed by atoms with van der Waals surface area (Å²) in [4.78, 5) is 23.9. The third kappa shape index (κ3) is 8.90. The van der Waals surface area contributed by atoms with Crippen LogP contribution in [0.2, 0.25) is 0 Å². The van der Waals surface area contributed by atoms with E-state index in [0.717, 1.165) is 13.8 Å². The standard InChI is InChI=1S/C28H48N2O23/c1-7(35)29-13-16(38)20(10(4-32)47-25(13)44)49-26-14(30-8(2)36)17(39)21(11(5-33)48-26)52-28(46)24(43)19(41)22(12(6-34)51-28)53-27(45)23(42)18(40)15(37)9(3-31)50-27/h9-26,31-34,37-46H,3-6H2,1-2H3,(H,29,35)(H,30,36)/t9-,10-,11-,12-,13-,14-,15-,16-,17-,18+,19+,20-,21-,22-,23+,24+,25-,26+,27+,28+/m1/s1. The van der Waals surface area contributed by atoms with Gasteiger partial charge in [0.1, 0.15) is 85.3 Å². The van der Waals surface area contributed by atoms with E-state index in [1.807, 2.05) is 0 Å². The minimum atomic E-state index is -3.45. The van der Waals surface area contributed by atoms with Gasteiger partial charge in [0.15, 0.2) is 24.8 Å². The van der Waals surface area contributed by atoms with Crippen molar-refractivity contribution in [2.75, 3.05) is 26.4 Å². The van der Waals surface area contributed by atoms with Crippen LogP contribution in [0, 0.1) is 0 Å². The normalized spacial score (nSPS) is 49.3. The van der Waals surface area contributed by atoms with E-state index in [1.165, 1.54) is 0 Å². The van der Waals surface area contributed by atoms with Crippen LogP contribution in [-0.4, -0.2) is 232 Å². The summed E-state index contributed by atoms with van der Waals surface area (Å²) in [5.41, 5.74) is 0. The van der Waals surface area contributed by atoms with E-state index in [2.05, 4.69) is 10.6 Å². The van der Waals surface area contributed by atoms with E-state index in [9.17, 15) is 81.1 Å². The van der Waals surface area contributed by atoms with Crippen LogP contribution in [0.1, 0.15) is 13.8 Å². The minimum Gasteiger partial charge on any atom is -0.394 e. The lowest BCUT2D eigenvalue weighted by atomic mass is 9.93. The van der Waals surface area contributed by atoms with Crippen molar-refractivity contribution in [3.8, 4) is 0 Å². The molecular formula is C28H48N2O23. The van der Waals surface area contributed by atoms with E-state index < -0.39 is 160 Å². The van der Waals surface area contributed by atoms with Gasteiger partial charge >= 0.3 is 11.9 Å². The smallest absolute Gasteiger partial charge is 0.311 e. The van der Waals surface area contributed by atoms with Crippen molar-refractivity contribution in [1.82, 2.24) is 10.6 Å². The van der Waals surface area contributed by atoms with Crippen LogP contribution in [0.15, 0.2) is 0 Å². The van der Waals surface area contributed by atoms with Gasteiger partial charge in [0, 0.05) is 13.8 Å². The van der Waals surface area contributed by atoms with Gasteiger partial charge in [0.2, 0.25) is 11.8 Å². The van der Waals surface area contributed by atoms with Crippen LogP contribution in [0.25, 0.3) is 0 Å². The number of rotatable bonds is 12. The molecule has 20 atom stereocenters. The summed E-state index contributed by atoms with van der Waals surface area (Å²) in [7, 11) is 0. The molecule has 0 aliphatic carbocycles. The fourth-order valence-electron chi connectivity index (χ4n) is 6.48. The summed E-state index contributed by atoms with van der Waals surface area (Å²) in [5, 5.41) is 151. The van der Waals surface area contributed by atoms with Crippen LogP contribution in [0.4, 0.5) is 0 Å².